The Hall–Kier alpha value is -3.87. The van der Waals surface area contributed by atoms with Crippen molar-refractivity contribution >= 4 is 34.1 Å². The van der Waals surface area contributed by atoms with Gasteiger partial charge in [0.1, 0.15) is 5.69 Å². The van der Waals surface area contributed by atoms with E-state index in [0.29, 0.717) is 31.3 Å². The topological polar surface area (TPSA) is 75.1 Å². The highest BCUT2D eigenvalue weighted by Crippen LogP contribution is 2.24. The van der Waals surface area contributed by atoms with E-state index in [0.717, 1.165) is 28.0 Å². The third-order valence-electron chi connectivity index (χ3n) is 5.39. The molecule has 7 nitrogen and oxygen atoms in total. The number of hydrogen-bond donors (Lipinski definition) is 2. The summed E-state index contributed by atoms with van der Waals surface area (Å²) in [5.74, 6) is 0.514. The van der Waals surface area contributed by atoms with Crippen LogP contribution in [0.5, 0.6) is 0 Å². The minimum atomic E-state index is -0.000434. The Balaban J connectivity index is 1.42. The van der Waals surface area contributed by atoms with Crippen LogP contribution >= 0.6 is 0 Å². The van der Waals surface area contributed by atoms with Crippen LogP contribution in [0.1, 0.15) is 16.2 Å². The zero-order valence-corrected chi connectivity index (χ0v) is 16.7. The molecule has 2 aromatic heterocycles. The van der Waals surface area contributed by atoms with E-state index >= 15 is 0 Å². The van der Waals surface area contributed by atoms with Crippen molar-refractivity contribution in [2.24, 2.45) is 7.05 Å². The van der Waals surface area contributed by atoms with E-state index in [4.69, 9.17) is 0 Å². The Morgan fingerprint density at radius 2 is 1.90 bits per heavy atom. The molecule has 2 aromatic carbocycles. The maximum Gasteiger partial charge on any atom is 0.270 e. The van der Waals surface area contributed by atoms with Crippen molar-refractivity contribution < 1.29 is 4.79 Å². The van der Waals surface area contributed by atoms with Gasteiger partial charge in [-0.05, 0) is 24.3 Å². The molecule has 5 rings (SSSR count). The quantitative estimate of drug-likeness (QED) is 0.549. The number of anilines is 3. The molecule has 30 heavy (non-hydrogen) atoms. The molecular formula is C23H22N6O. The number of para-hydroxylation sites is 2. The first-order chi connectivity index (χ1) is 14.7. The third kappa shape index (κ3) is 3.34. The minimum absolute atomic E-state index is 0.000434. The summed E-state index contributed by atoms with van der Waals surface area (Å²) >= 11 is 0. The molecule has 0 saturated heterocycles. The van der Waals surface area contributed by atoms with Gasteiger partial charge in [0.15, 0.2) is 0 Å². The summed E-state index contributed by atoms with van der Waals surface area (Å²) < 4.78 is 1.96. The maximum absolute atomic E-state index is 13.3. The minimum Gasteiger partial charge on any atom is -0.380 e. The van der Waals surface area contributed by atoms with Crippen LogP contribution in [0.3, 0.4) is 0 Å². The standard InChI is InChI=1S/C23H22N6O/c1-28-20-10-6-5-7-16(20)13-21(28)22(30)29-12-11-24-18-14-25-23(27-19(18)15-29)26-17-8-3-2-4-9-17/h2-10,13-14,24H,11-12,15H2,1H3,(H,25,26,27). The number of carbonyl (C=O) groups excluding carboxylic acids is 1. The van der Waals surface area contributed by atoms with E-state index in [1.807, 2.05) is 77.2 Å². The van der Waals surface area contributed by atoms with Crippen LogP contribution in [0.25, 0.3) is 10.9 Å². The summed E-state index contributed by atoms with van der Waals surface area (Å²) in [7, 11) is 1.93. The van der Waals surface area contributed by atoms with E-state index in [9.17, 15) is 4.79 Å². The number of nitrogens with zero attached hydrogens (tertiary/aromatic N) is 4. The molecule has 2 N–H and O–H groups in total. The van der Waals surface area contributed by atoms with Crippen molar-refractivity contribution in [1.82, 2.24) is 19.4 Å². The lowest BCUT2D eigenvalue weighted by atomic mass is 10.2. The zero-order valence-electron chi connectivity index (χ0n) is 16.7. The summed E-state index contributed by atoms with van der Waals surface area (Å²) in [4.78, 5) is 24.3. The van der Waals surface area contributed by atoms with E-state index in [1.54, 1.807) is 6.20 Å². The first-order valence-electron chi connectivity index (χ1n) is 9.94. The van der Waals surface area contributed by atoms with Gasteiger partial charge >= 0.3 is 0 Å². The normalized spacial score (nSPS) is 13.4. The van der Waals surface area contributed by atoms with E-state index in [2.05, 4.69) is 20.6 Å². The van der Waals surface area contributed by atoms with Crippen LogP contribution in [-0.2, 0) is 13.6 Å². The fraction of sp³-hybridized carbons (Fsp3) is 0.174. The van der Waals surface area contributed by atoms with E-state index < -0.39 is 0 Å². The molecule has 0 aliphatic carbocycles. The second-order valence-corrected chi connectivity index (χ2v) is 7.35. The van der Waals surface area contributed by atoms with Gasteiger partial charge in [0.05, 0.1) is 24.1 Å². The van der Waals surface area contributed by atoms with Crippen LogP contribution in [0.15, 0.2) is 66.9 Å². The zero-order chi connectivity index (χ0) is 20.5. The Kier molecular flexibility index (Phi) is 4.55. The SMILES string of the molecule is Cn1c(C(=O)N2CCNc3cnc(Nc4ccccc4)nc3C2)cc2ccccc21. The summed E-state index contributed by atoms with van der Waals surface area (Å²) in [6, 6.07) is 19.8. The van der Waals surface area contributed by atoms with Gasteiger partial charge < -0.3 is 20.1 Å². The van der Waals surface area contributed by atoms with Gasteiger partial charge in [-0.2, -0.15) is 0 Å². The second-order valence-electron chi connectivity index (χ2n) is 7.35. The summed E-state index contributed by atoms with van der Waals surface area (Å²) in [5, 5.41) is 7.62. The Bertz CT molecular complexity index is 1220. The van der Waals surface area contributed by atoms with Crippen molar-refractivity contribution in [3.8, 4) is 0 Å². The first-order valence-corrected chi connectivity index (χ1v) is 9.94. The fourth-order valence-corrected chi connectivity index (χ4v) is 3.81. The van der Waals surface area contributed by atoms with Crippen molar-refractivity contribution in [3.63, 3.8) is 0 Å². The highest BCUT2D eigenvalue weighted by Gasteiger charge is 2.24. The number of aromatic nitrogens is 3. The molecule has 7 heteroatoms. The number of benzene rings is 2. The highest BCUT2D eigenvalue weighted by molar-refractivity contribution is 5.98. The predicted octanol–water partition coefficient (Wildman–Crippen LogP) is 3.78. The molecule has 1 aliphatic heterocycles. The number of rotatable bonds is 3. The molecule has 0 atom stereocenters. The van der Waals surface area contributed by atoms with Crippen molar-refractivity contribution in [1.29, 1.82) is 0 Å². The van der Waals surface area contributed by atoms with E-state index in [-0.39, 0.29) is 5.91 Å². The maximum atomic E-state index is 13.3. The average molecular weight is 398 g/mol. The van der Waals surface area contributed by atoms with Crippen LogP contribution in [0.2, 0.25) is 0 Å². The molecule has 1 aliphatic rings. The van der Waals surface area contributed by atoms with Crippen molar-refractivity contribution in [2.75, 3.05) is 23.7 Å². The van der Waals surface area contributed by atoms with Crippen molar-refractivity contribution in [3.05, 3.63) is 78.2 Å². The molecule has 0 fully saturated rings. The lowest BCUT2D eigenvalue weighted by Gasteiger charge is -2.20. The van der Waals surface area contributed by atoms with Gasteiger partial charge in [0.25, 0.3) is 5.91 Å². The number of carbonyl (C=O) groups is 1. The molecule has 3 heterocycles. The summed E-state index contributed by atoms with van der Waals surface area (Å²) in [5.41, 5.74) is 4.30. The summed E-state index contributed by atoms with van der Waals surface area (Å²) in [6.45, 7) is 1.67. The van der Waals surface area contributed by atoms with Gasteiger partial charge in [-0.1, -0.05) is 36.4 Å². The highest BCUT2D eigenvalue weighted by atomic mass is 16.2. The molecule has 0 spiro atoms. The number of hydrogen-bond acceptors (Lipinski definition) is 5. The van der Waals surface area contributed by atoms with Gasteiger partial charge in [0.2, 0.25) is 5.95 Å². The number of nitrogens with one attached hydrogen (secondary N) is 2. The smallest absolute Gasteiger partial charge is 0.270 e. The Morgan fingerprint density at radius 1 is 1.10 bits per heavy atom. The van der Waals surface area contributed by atoms with Crippen LogP contribution < -0.4 is 10.6 Å². The van der Waals surface area contributed by atoms with Gasteiger partial charge in [0, 0.05) is 36.7 Å². The average Bonchev–Trinajstić information content (AvgIpc) is 2.97. The molecule has 1 amide bonds. The molecule has 150 valence electrons. The van der Waals surface area contributed by atoms with Gasteiger partial charge in [-0.3, -0.25) is 4.79 Å². The molecule has 4 aromatic rings. The van der Waals surface area contributed by atoms with Gasteiger partial charge in [-0.25, -0.2) is 9.97 Å². The number of fused-ring (bicyclic) bond motifs is 2. The predicted molar refractivity (Wildman–Crippen MR) is 118 cm³/mol. The lowest BCUT2D eigenvalue weighted by molar-refractivity contribution is 0.0742. The first kappa shape index (κ1) is 18.2. The Morgan fingerprint density at radius 3 is 2.73 bits per heavy atom. The van der Waals surface area contributed by atoms with Crippen LogP contribution in [-0.4, -0.2) is 38.4 Å². The molecule has 0 radical (unpaired) electrons. The molecule has 0 saturated carbocycles. The fourth-order valence-electron chi connectivity index (χ4n) is 3.81. The van der Waals surface area contributed by atoms with Gasteiger partial charge in [-0.15, -0.1) is 0 Å². The third-order valence-corrected chi connectivity index (χ3v) is 5.39. The van der Waals surface area contributed by atoms with Crippen LogP contribution in [0, 0.1) is 0 Å². The largest absolute Gasteiger partial charge is 0.380 e. The van der Waals surface area contributed by atoms with E-state index in [1.165, 1.54) is 0 Å². The Labute approximate surface area is 174 Å². The monoisotopic (exact) mass is 398 g/mol. The summed E-state index contributed by atoms with van der Waals surface area (Å²) in [6.07, 6.45) is 1.78. The lowest BCUT2D eigenvalue weighted by Crippen LogP contribution is -2.34. The number of amides is 1. The van der Waals surface area contributed by atoms with Crippen molar-refractivity contribution in [2.45, 2.75) is 6.54 Å². The second kappa shape index (κ2) is 7.51. The molecule has 0 unspecified atom stereocenters. The molecular weight excluding hydrogens is 376 g/mol. The van der Waals surface area contributed by atoms with Crippen LogP contribution in [0.4, 0.5) is 17.3 Å². The number of aryl methyl sites for hydroxylation is 1. The molecule has 0 bridgehead atoms.